The Kier molecular flexibility index (Phi) is 4.89. The van der Waals surface area contributed by atoms with Gasteiger partial charge in [0.2, 0.25) is 5.91 Å². The predicted octanol–water partition coefficient (Wildman–Crippen LogP) is 3.15. The summed E-state index contributed by atoms with van der Waals surface area (Å²) >= 11 is 0. The van der Waals surface area contributed by atoms with Crippen LogP contribution in [0.15, 0.2) is 65.8 Å². The molecule has 130 valence electrons. The van der Waals surface area contributed by atoms with Gasteiger partial charge in [-0.3, -0.25) is 14.9 Å². The minimum atomic E-state index is -0.482. The van der Waals surface area contributed by atoms with Crippen LogP contribution >= 0.6 is 0 Å². The molecular formula is C19H15N3O4. The normalized spacial score (nSPS) is 10.9. The first kappa shape index (κ1) is 17.1. The van der Waals surface area contributed by atoms with Crippen molar-refractivity contribution in [3.8, 4) is 5.75 Å². The number of nitro benzene ring substituents is 1. The number of amides is 1. The first-order valence-electron chi connectivity index (χ1n) is 7.80. The van der Waals surface area contributed by atoms with Crippen LogP contribution in [0.4, 0.5) is 5.69 Å². The molecule has 0 saturated heterocycles. The number of benzene rings is 3. The molecule has 0 aromatic heterocycles. The van der Waals surface area contributed by atoms with Gasteiger partial charge in [-0.25, -0.2) is 5.43 Å². The first-order chi connectivity index (χ1) is 12.5. The van der Waals surface area contributed by atoms with Gasteiger partial charge in [0.15, 0.2) is 0 Å². The standard InChI is InChI=1S/C19H15N3O4/c23-18-9-6-14-11-15(22(25)26)7-8-16(14)17(18)12-20-21-19(24)10-13-4-2-1-3-5-13/h1-9,11-12,23H,10H2,(H,21,24)/b20-12+. The summed E-state index contributed by atoms with van der Waals surface area (Å²) in [6.45, 7) is 0. The molecule has 0 atom stereocenters. The Bertz CT molecular complexity index is 1000. The van der Waals surface area contributed by atoms with Gasteiger partial charge >= 0.3 is 0 Å². The molecule has 0 unspecified atom stereocenters. The Hall–Kier alpha value is -3.74. The summed E-state index contributed by atoms with van der Waals surface area (Å²) in [4.78, 5) is 22.3. The largest absolute Gasteiger partial charge is 0.507 e. The maximum Gasteiger partial charge on any atom is 0.270 e. The van der Waals surface area contributed by atoms with E-state index in [-0.39, 0.29) is 23.8 Å². The zero-order valence-corrected chi connectivity index (χ0v) is 13.6. The molecule has 0 spiro atoms. The van der Waals surface area contributed by atoms with E-state index in [9.17, 15) is 20.0 Å². The summed E-state index contributed by atoms with van der Waals surface area (Å²) < 4.78 is 0. The van der Waals surface area contributed by atoms with Crippen LogP contribution in [-0.2, 0) is 11.2 Å². The number of nitro groups is 1. The van der Waals surface area contributed by atoms with Gasteiger partial charge in [-0.05, 0) is 28.5 Å². The van der Waals surface area contributed by atoms with Gasteiger partial charge in [0.25, 0.3) is 5.69 Å². The van der Waals surface area contributed by atoms with E-state index in [1.807, 2.05) is 30.3 Å². The summed E-state index contributed by atoms with van der Waals surface area (Å²) in [5.74, 6) is -0.324. The first-order valence-corrected chi connectivity index (χ1v) is 7.80. The van der Waals surface area contributed by atoms with Crippen LogP contribution in [0.3, 0.4) is 0 Å². The van der Waals surface area contributed by atoms with Crippen LogP contribution in [0.25, 0.3) is 10.8 Å². The number of carbonyl (C=O) groups is 1. The molecule has 7 heteroatoms. The number of aromatic hydroxyl groups is 1. The molecule has 26 heavy (non-hydrogen) atoms. The van der Waals surface area contributed by atoms with Gasteiger partial charge in [-0.1, -0.05) is 36.4 Å². The number of hydrogen-bond donors (Lipinski definition) is 2. The number of phenols is 1. The minimum absolute atomic E-state index is 0.0348. The fourth-order valence-corrected chi connectivity index (χ4v) is 2.57. The van der Waals surface area contributed by atoms with Crippen LogP contribution in [0, 0.1) is 10.1 Å². The van der Waals surface area contributed by atoms with Crippen molar-refractivity contribution in [1.29, 1.82) is 0 Å². The summed E-state index contributed by atoms with van der Waals surface area (Å²) in [7, 11) is 0. The number of nitrogens with one attached hydrogen (secondary N) is 1. The van der Waals surface area contributed by atoms with Crippen LogP contribution in [0.1, 0.15) is 11.1 Å². The lowest BCUT2D eigenvalue weighted by Crippen LogP contribution is -2.19. The fraction of sp³-hybridized carbons (Fsp3) is 0.0526. The van der Waals surface area contributed by atoms with E-state index in [1.165, 1.54) is 24.4 Å². The Morgan fingerprint density at radius 3 is 2.65 bits per heavy atom. The van der Waals surface area contributed by atoms with E-state index in [0.29, 0.717) is 16.3 Å². The lowest BCUT2D eigenvalue weighted by atomic mass is 10.0. The third-order valence-corrected chi connectivity index (χ3v) is 3.82. The summed E-state index contributed by atoms with van der Waals surface area (Å²) in [6.07, 6.45) is 1.51. The lowest BCUT2D eigenvalue weighted by molar-refractivity contribution is -0.384. The summed E-state index contributed by atoms with van der Waals surface area (Å²) in [5, 5.41) is 26.0. The molecule has 3 aromatic carbocycles. The van der Waals surface area contributed by atoms with Gasteiger partial charge in [0.05, 0.1) is 17.6 Å². The molecule has 3 aromatic rings. The average Bonchev–Trinajstić information content (AvgIpc) is 2.64. The van der Waals surface area contributed by atoms with Crippen molar-refractivity contribution < 1.29 is 14.8 Å². The average molecular weight is 349 g/mol. The topological polar surface area (TPSA) is 105 Å². The quantitative estimate of drug-likeness (QED) is 0.419. The maximum atomic E-state index is 11.9. The second kappa shape index (κ2) is 7.43. The number of phenolic OH excluding ortho intramolecular Hbond substituents is 1. The predicted molar refractivity (Wildman–Crippen MR) is 98.1 cm³/mol. The number of rotatable bonds is 5. The molecule has 0 heterocycles. The molecule has 2 N–H and O–H groups in total. The van der Waals surface area contributed by atoms with E-state index in [2.05, 4.69) is 10.5 Å². The van der Waals surface area contributed by atoms with Crippen molar-refractivity contribution in [2.75, 3.05) is 0 Å². The Labute approximate surface area is 148 Å². The monoisotopic (exact) mass is 349 g/mol. The third-order valence-electron chi connectivity index (χ3n) is 3.82. The molecule has 0 saturated carbocycles. The van der Waals surface area contributed by atoms with Crippen LogP contribution in [0.2, 0.25) is 0 Å². The van der Waals surface area contributed by atoms with Crippen LogP contribution < -0.4 is 5.43 Å². The van der Waals surface area contributed by atoms with E-state index in [0.717, 1.165) is 5.56 Å². The zero-order chi connectivity index (χ0) is 18.5. The molecule has 3 rings (SSSR count). The van der Waals surface area contributed by atoms with Gasteiger partial charge in [0, 0.05) is 17.7 Å². The molecule has 0 fully saturated rings. The fourth-order valence-electron chi connectivity index (χ4n) is 2.57. The van der Waals surface area contributed by atoms with Crippen LogP contribution in [0.5, 0.6) is 5.75 Å². The zero-order valence-electron chi connectivity index (χ0n) is 13.6. The smallest absolute Gasteiger partial charge is 0.270 e. The molecule has 0 radical (unpaired) electrons. The maximum absolute atomic E-state index is 11.9. The van der Waals surface area contributed by atoms with E-state index in [4.69, 9.17) is 0 Å². The summed E-state index contributed by atoms with van der Waals surface area (Å²) in [6, 6.07) is 16.6. The Morgan fingerprint density at radius 1 is 1.15 bits per heavy atom. The number of nitrogens with zero attached hydrogens (tertiary/aromatic N) is 2. The Balaban J connectivity index is 1.79. The molecule has 0 aliphatic heterocycles. The molecule has 0 bridgehead atoms. The molecule has 0 aliphatic carbocycles. The third kappa shape index (κ3) is 3.84. The number of non-ortho nitro benzene ring substituents is 1. The second-order valence-corrected chi connectivity index (χ2v) is 5.62. The Morgan fingerprint density at radius 2 is 1.92 bits per heavy atom. The molecular weight excluding hydrogens is 334 g/mol. The minimum Gasteiger partial charge on any atom is -0.507 e. The SMILES string of the molecule is O=C(Cc1ccccc1)N/N=C/c1c(O)ccc2cc([N+](=O)[O-])ccc12. The summed E-state index contributed by atoms with van der Waals surface area (Å²) in [5.41, 5.74) is 3.61. The molecule has 1 amide bonds. The lowest BCUT2D eigenvalue weighted by Gasteiger charge is -2.05. The van der Waals surface area contributed by atoms with Crippen molar-refractivity contribution in [3.05, 3.63) is 81.9 Å². The number of carbonyl (C=O) groups excluding carboxylic acids is 1. The van der Waals surface area contributed by atoms with E-state index >= 15 is 0 Å². The second-order valence-electron chi connectivity index (χ2n) is 5.62. The van der Waals surface area contributed by atoms with Crippen molar-refractivity contribution in [1.82, 2.24) is 5.43 Å². The number of hydrazone groups is 1. The highest BCUT2D eigenvalue weighted by molar-refractivity contribution is 6.03. The van der Waals surface area contributed by atoms with Crippen LogP contribution in [-0.4, -0.2) is 22.2 Å². The van der Waals surface area contributed by atoms with Crippen molar-refractivity contribution in [3.63, 3.8) is 0 Å². The number of hydrogen-bond acceptors (Lipinski definition) is 5. The van der Waals surface area contributed by atoms with Crippen molar-refractivity contribution in [2.45, 2.75) is 6.42 Å². The van der Waals surface area contributed by atoms with Crippen molar-refractivity contribution in [2.24, 2.45) is 5.10 Å². The van der Waals surface area contributed by atoms with Gasteiger partial charge in [0.1, 0.15) is 5.75 Å². The van der Waals surface area contributed by atoms with Gasteiger partial charge < -0.3 is 5.11 Å². The highest BCUT2D eigenvalue weighted by atomic mass is 16.6. The highest BCUT2D eigenvalue weighted by Crippen LogP contribution is 2.28. The van der Waals surface area contributed by atoms with Gasteiger partial charge in [-0.15, -0.1) is 0 Å². The van der Waals surface area contributed by atoms with Crippen molar-refractivity contribution >= 4 is 28.6 Å². The molecule has 0 aliphatic rings. The van der Waals surface area contributed by atoms with E-state index < -0.39 is 4.92 Å². The van der Waals surface area contributed by atoms with Gasteiger partial charge in [-0.2, -0.15) is 5.10 Å². The van der Waals surface area contributed by atoms with E-state index in [1.54, 1.807) is 12.1 Å². The molecule has 7 nitrogen and oxygen atoms in total. The highest BCUT2D eigenvalue weighted by Gasteiger charge is 2.10. The number of fused-ring (bicyclic) bond motifs is 1.